The third kappa shape index (κ3) is 73.8. The van der Waals surface area contributed by atoms with E-state index in [0.717, 1.165) is 12.1 Å². The molecule has 812 valence electrons. The number of halogens is 5. The fourth-order valence-electron chi connectivity index (χ4n) is 10.7. The third-order valence-corrected chi connectivity index (χ3v) is 16.7. The van der Waals surface area contributed by atoms with E-state index in [2.05, 4.69) is 32.3 Å². The molecule has 5 amide bonds. The predicted molar refractivity (Wildman–Crippen MR) is 511 cm³/mol. The molecule has 0 saturated carbocycles. The number of carbonyl (C=O) groups is 11. The number of aliphatic carboxylic acids is 1. The third-order valence-electron chi connectivity index (χ3n) is 16.7. The van der Waals surface area contributed by atoms with Crippen LogP contribution in [0, 0.1) is 23.3 Å². The first-order chi connectivity index (χ1) is 65.1. The van der Waals surface area contributed by atoms with Gasteiger partial charge in [-0.3, -0.25) is 19.2 Å². The molecule has 3 unspecified atom stereocenters. The Morgan fingerprint density at radius 3 is 0.838 bits per heavy atom. The van der Waals surface area contributed by atoms with Gasteiger partial charge in [-0.05, 0) is 170 Å². The van der Waals surface area contributed by atoms with E-state index in [-0.39, 0.29) is 156 Å². The Balaban J connectivity index is -0.00000205. The lowest BCUT2D eigenvalue weighted by Gasteiger charge is -2.20. The van der Waals surface area contributed by atoms with Gasteiger partial charge in [0.2, 0.25) is 35.1 Å². The molecule has 0 bridgehead atoms. The Hall–Kier alpha value is -10.3. The maximum absolute atomic E-state index is 14.3. The van der Waals surface area contributed by atoms with Crippen molar-refractivity contribution in [1.82, 2.24) is 26.6 Å². The summed E-state index contributed by atoms with van der Waals surface area (Å²) >= 11 is 0. The molecule has 3 atom stereocenters. The van der Waals surface area contributed by atoms with E-state index in [0.29, 0.717) is 154 Å². The highest BCUT2D eigenvalue weighted by atomic mass is 35.5. The van der Waals surface area contributed by atoms with Crippen molar-refractivity contribution in [3.63, 3.8) is 0 Å². The summed E-state index contributed by atoms with van der Waals surface area (Å²) in [6.07, 6.45) is -0.969. The molecular formula is C98H157ClF4N6O33. The van der Waals surface area contributed by atoms with Crippen LogP contribution in [0.1, 0.15) is 169 Å². The lowest BCUT2D eigenvalue weighted by Crippen LogP contribution is -3.00. The van der Waals surface area contributed by atoms with Crippen molar-refractivity contribution in [3.8, 4) is 23.0 Å². The number of esters is 4. The number of rotatable bonds is 66. The number of quaternary nitrogens is 1. The maximum atomic E-state index is 14.3. The van der Waals surface area contributed by atoms with Crippen LogP contribution in [-0.2, 0) is 143 Å². The SMILES string of the molecule is C.C.C.CC(=O)C(Cc1ccc(OCC(=O)OC(C)(C)C)cc1)NC(=O)CCOCCOCCOCCOCCNC(=O)OC(C)(C)C.CC(C)(C)OC(=O)COc1ccc(CC(NC(=O)CCOCCOCCOCCOCCNC(=O)OC(C)(C)C)C(=O)Oc2c(F)c(F)cc(F)c2F)cc1.CC(C)(C)OC(=O)COc1ccc(CC(NC(=O)CCOCCOCCOCCOCC[NH3+])C(=O)O)cc1.[Cl-]. The zero-order valence-corrected chi connectivity index (χ0v) is 83.6. The van der Waals surface area contributed by atoms with Crippen LogP contribution in [-0.4, -0.2) is 315 Å². The number of carboxylic acid groups (broad SMARTS) is 1. The number of carboxylic acids is 1. The lowest BCUT2D eigenvalue weighted by molar-refractivity contribution is -0.374. The highest BCUT2D eigenvalue weighted by Gasteiger charge is 2.31. The van der Waals surface area contributed by atoms with Crippen LogP contribution in [0.5, 0.6) is 23.0 Å². The molecule has 0 saturated heterocycles. The van der Waals surface area contributed by atoms with Crippen molar-refractivity contribution in [2.75, 3.05) is 198 Å². The molecule has 0 aliphatic rings. The summed E-state index contributed by atoms with van der Waals surface area (Å²) in [5, 5.41) is 22.3. The number of hydrogen-bond acceptors (Lipinski definition) is 32. The van der Waals surface area contributed by atoms with Crippen LogP contribution >= 0.6 is 0 Å². The Bertz CT molecular complexity index is 4170. The van der Waals surface area contributed by atoms with Crippen molar-refractivity contribution in [3.05, 3.63) is 119 Å². The van der Waals surface area contributed by atoms with Crippen LogP contribution in [0.2, 0.25) is 0 Å². The second kappa shape index (κ2) is 76.4. The smallest absolute Gasteiger partial charge is 0.407 e. The van der Waals surface area contributed by atoms with Crippen LogP contribution < -0.4 is 63.7 Å². The molecule has 39 nitrogen and oxygen atoms in total. The molecular weight excluding hydrogens is 1900 g/mol. The molecule has 0 aliphatic carbocycles. The van der Waals surface area contributed by atoms with Crippen LogP contribution in [0.4, 0.5) is 27.2 Å². The van der Waals surface area contributed by atoms with Gasteiger partial charge in [0, 0.05) is 51.3 Å². The van der Waals surface area contributed by atoms with E-state index in [4.69, 9.17) is 99.5 Å². The van der Waals surface area contributed by atoms with Crippen molar-refractivity contribution < 1.29 is 193 Å². The summed E-state index contributed by atoms with van der Waals surface area (Å²) in [5.74, 6) is -13.5. The first kappa shape index (κ1) is 136. The largest absolute Gasteiger partial charge is 1.00 e. The summed E-state index contributed by atoms with van der Waals surface area (Å²) in [4.78, 5) is 133. The maximum Gasteiger partial charge on any atom is 0.407 e. The fourth-order valence-corrected chi connectivity index (χ4v) is 10.7. The highest BCUT2D eigenvalue weighted by molar-refractivity contribution is 5.88. The van der Waals surface area contributed by atoms with Gasteiger partial charge in [-0.1, -0.05) is 58.7 Å². The summed E-state index contributed by atoms with van der Waals surface area (Å²) < 4.78 is 167. The van der Waals surface area contributed by atoms with Gasteiger partial charge >= 0.3 is 42.0 Å². The van der Waals surface area contributed by atoms with Gasteiger partial charge in [-0.15, -0.1) is 0 Å². The second-order valence-corrected chi connectivity index (χ2v) is 35.0. The minimum absolute atomic E-state index is 0. The molecule has 142 heavy (non-hydrogen) atoms. The molecule has 4 rings (SSSR count). The number of nitrogens with one attached hydrogen (secondary N) is 5. The second-order valence-electron chi connectivity index (χ2n) is 35.0. The number of carbonyl (C=O) groups excluding carboxylic acids is 10. The van der Waals surface area contributed by atoms with Crippen molar-refractivity contribution in [2.24, 2.45) is 0 Å². The summed E-state index contributed by atoms with van der Waals surface area (Å²) in [5.41, 5.74) is 2.60. The molecule has 0 radical (unpaired) electrons. The van der Waals surface area contributed by atoms with Gasteiger partial charge in [0.15, 0.2) is 37.2 Å². The average Bonchev–Trinajstić information content (AvgIpc) is 0.809. The highest BCUT2D eigenvalue weighted by Crippen LogP contribution is 2.28. The fraction of sp³-hybridized carbons (Fsp3) is 0.643. The number of amides is 5. The number of hydrogen-bond donors (Lipinski definition) is 7. The Morgan fingerprint density at radius 2 is 0.577 bits per heavy atom. The van der Waals surface area contributed by atoms with Crippen LogP contribution in [0.15, 0.2) is 78.9 Å². The number of ketones is 1. The van der Waals surface area contributed by atoms with E-state index >= 15 is 0 Å². The summed E-state index contributed by atoms with van der Waals surface area (Å²) in [6, 6.07) is 16.1. The molecule has 0 heterocycles. The van der Waals surface area contributed by atoms with Gasteiger partial charge in [0.25, 0.3) is 0 Å². The number of ether oxygens (including phenoxy) is 21. The van der Waals surface area contributed by atoms with E-state index in [9.17, 15) is 75.4 Å². The molecule has 0 aromatic heterocycles. The quantitative estimate of drug-likeness (QED) is 0.00602. The van der Waals surface area contributed by atoms with Crippen LogP contribution in [0.3, 0.4) is 0 Å². The molecule has 4 aromatic carbocycles. The van der Waals surface area contributed by atoms with Crippen molar-refractivity contribution in [1.29, 1.82) is 0 Å². The Kier molecular flexibility index (Phi) is 73.1. The van der Waals surface area contributed by atoms with Gasteiger partial charge in [0.05, 0.1) is 171 Å². The minimum atomic E-state index is -1.93. The normalized spacial score (nSPS) is 11.8. The van der Waals surface area contributed by atoms with Crippen molar-refractivity contribution in [2.45, 2.75) is 218 Å². The minimum Gasteiger partial charge on any atom is -1.00 e. The Morgan fingerprint density at radius 1 is 0.338 bits per heavy atom. The lowest BCUT2D eigenvalue weighted by atomic mass is 10.0. The van der Waals surface area contributed by atoms with Gasteiger partial charge in [0.1, 0.15) is 57.3 Å². The number of benzene rings is 4. The number of alkyl carbamates (subject to hydrolysis) is 2. The standard InChI is InChI=1S/C37H50F4N2O12.C32H52N2O11.C26H42N2O10.3CH4.ClH/c1-36(2,3)54-30(45)23-52-25-9-7-24(8-10-25)21-28(34(46)53-33-31(40)26(38)22-27(39)32(33)41)43-29(44)11-13-48-15-17-50-19-20-51-18-16-49-14-12-42-35(47)55-37(4,5)6;1-24(35)27(22-25-8-10-26(11-9-25)43-23-29(37)44-31(2,3)4)34-28(36)12-14-39-16-18-41-20-21-42-19-17-40-15-13-33-30(38)45-32(5,6)7;1-26(2,3)38-24(30)19-37-21-6-4-20(5-7-21)18-22(25(31)32)28-23(29)8-10-33-12-14-35-16-17-36-15-13-34-11-9-27;;;;/h7-10,22,28H,11-21,23H2,1-6H3,(H,42,47)(H,43,44);8-11,27H,12-23H2,1-7H3,(H,33,38)(H,34,36);4-7,22H,8-19,27H2,1-3H3,(H,28,29)(H,31,32);3*1H4;1H. The topological polar surface area (TPSA) is 490 Å². The molecule has 4 aromatic rings. The molecule has 9 N–H and O–H groups in total. The van der Waals surface area contributed by atoms with Gasteiger partial charge < -0.3 is 149 Å². The van der Waals surface area contributed by atoms with Crippen LogP contribution in [0.25, 0.3) is 0 Å². The first-order valence-electron chi connectivity index (χ1n) is 45.2. The first-order valence-corrected chi connectivity index (χ1v) is 45.2. The zero-order chi connectivity index (χ0) is 103. The van der Waals surface area contributed by atoms with E-state index < -0.39 is 129 Å². The molecule has 0 spiro atoms. The summed E-state index contributed by atoms with van der Waals surface area (Å²) in [6.45, 7) is 36.3. The zero-order valence-electron chi connectivity index (χ0n) is 82.8. The van der Waals surface area contributed by atoms with Crippen molar-refractivity contribution >= 4 is 65.5 Å². The Labute approximate surface area is 838 Å². The van der Waals surface area contributed by atoms with Gasteiger partial charge in [-0.25, -0.2) is 42.3 Å². The molecule has 0 fully saturated rings. The van der Waals surface area contributed by atoms with Gasteiger partial charge in [-0.2, -0.15) is 8.78 Å². The predicted octanol–water partition coefficient (Wildman–Crippen LogP) is 6.71. The molecule has 0 aliphatic heterocycles. The van der Waals surface area contributed by atoms with E-state index in [1.54, 1.807) is 152 Å². The average molecular weight is 2060 g/mol. The molecule has 44 heteroatoms. The van der Waals surface area contributed by atoms with E-state index in [1.165, 1.54) is 31.2 Å². The monoisotopic (exact) mass is 2060 g/mol. The summed E-state index contributed by atoms with van der Waals surface area (Å²) in [7, 11) is 0. The number of Topliss-reactive ketones (excluding diaryl/α,β-unsaturated/α-hetero) is 1. The van der Waals surface area contributed by atoms with E-state index in [1.807, 2.05) is 0 Å².